The molecular formula is C17H20ClNO. The predicted molar refractivity (Wildman–Crippen MR) is 82.3 cm³/mol. The van der Waals surface area contributed by atoms with E-state index in [-0.39, 0.29) is 6.04 Å². The summed E-state index contributed by atoms with van der Waals surface area (Å²) in [7, 11) is 1.99. The first-order chi connectivity index (χ1) is 9.79. The normalized spacial score (nSPS) is 19.6. The van der Waals surface area contributed by atoms with Gasteiger partial charge in [-0.1, -0.05) is 24.3 Å². The number of benzene rings is 1. The number of fused-ring (bicyclic) bond motifs is 1. The maximum absolute atomic E-state index is 6.12. The van der Waals surface area contributed by atoms with Gasteiger partial charge in [-0.15, -0.1) is 0 Å². The molecule has 1 aliphatic rings. The van der Waals surface area contributed by atoms with Gasteiger partial charge in [-0.05, 0) is 67.4 Å². The first-order valence-corrected chi connectivity index (χ1v) is 7.65. The van der Waals surface area contributed by atoms with Crippen molar-refractivity contribution in [3.8, 4) is 0 Å². The summed E-state index contributed by atoms with van der Waals surface area (Å²) in [5.41, 5.74) is 4.09. The molecule has 1 aromatic heterocycles. The van der Waals surface area contributed by atoms with E-state index < -0.39 is 0 Å². The quantitative estimate of drug-likeness (QED) is 0.882. The first-order valence-electron chi connectivity index (χ1n) is 7.27. The molecule has 1 aliphatic carbocycles. The Hall–Kier alpha value is -1.25. The molecule has 0 amide bonds. The zero-order valence-electron chi connectivity index (χ0n) is 11.7. The van der Waals surface area contributed by atoms with Gasteiger partial charge in [0.15, 0.2) is 5.22 Å². The molecule has 2 nitrogen and oxygen atoms in total. The maximum atomic E-state index is 6.12. The van der Waals surface area contributed by atoms with Crippen LogP contribution in [0.15, 0.2) is 41.0 Å². The molecule has 0 saturated carbocycles. The van der Waals surface area contributed by atoms with Gasteiger partial charge in [-0.25, -0.2) is 0 Å². The number of aryl methyl sites for hydroxylation is 1. The van der Waals surface area contributed by atoms with Crippen LogP contribution in [0.4, 0.5) is 0 Å². The Labute approximate surface area is 125 Å². The average Bonchev–Trinajstić information content (AvgIpc) is 2.91. The Bertz CT molecular complexity index is 578. The second-order valence-corrected chi connectivity index (χ2v) is 5.86. The molecule has 1 heterocycles. The van der Waals surface area contributed by atoms with Gasteiger partial charge >= 0.3 is 0 Å². The zero-order valence-corrected chi connectivity index (χ0v) is 12.5. The van der Waals surface area contributed by atoms with Gasteiger partial charge in [-0.2, -0.15) is 0 Å². The van der Waals surface area contributed by atoms with Crippen molar-refractivity contribution in [2.75, 3.05) is 7.05 Å². The Morgan fingerprint density at radius 2 is 2.20 bits per heavy atom. The van der Waals surface area contributed by atoms with Crippen LogP contribution in [-0.4, -0.2) is 7.05 Å². The number of rotatable bonds is 4. The molecular weight excluding hydrogens is 270 g/mol. The van der Waals surface area contributed by atoms with Crippen molar-refractivity contribution in [2.45, 2.75) is 37.6 Å². The minimum Gasteiger partial charge on any atom is -0.453 e. The number of furan rings is 1. The topological polar surface area (TPSA) is 25.2 Å². The average molecular weight is 290 g/mol. The lowest BCUT2D eigenvalue weighted by Crippen LogP contribution is -2.21. The van der Waals surface area contributed by atoms with Crippen molar-refractivity contribution >= 4 is 11.6 Å². The van der Waals surface area contributed by atoms with Gasteiger partial charge in [0.05, 0.1) is 6.26 Å². The minimum absolute atomic E-state index is 0.248. The second kappa shape index (κ2) is 6.02. The van der Waals surface area contributed by atoms with Crippen LogP contribution >= 0.6 is 11.6 Å². The van der Waals surface area contributed by atoms with Crippen molar-refractivity contribution < 1.29 is 4.42 Å². The van der Waals surface area contributed by atoms with Crippen molar-refractivity contribution in [1.82, 2.24) is 5.32 Å². The van der Waals surface area contributed by atoms with E-state index in [9.17, 15) is 0 Å². The molecule has 1 aromatic carbocycles. The summed E-state index contributed by atoms with van der Waals surface area (Å²) in [6.07, 6.45) is 6.47. The largest absolute Gasteiger partial charge is 0.453 e. The molecule has 0 fully saturated rings. The molecule has 3 rings (SSSR count). The summed E-state index contributed by atoms with van der Waals surface area (Å²) in [6.45, 7) is 0. The highest BCUT2D eigenvalue weighted by atomic mass is 35.5. The van der Waals surface area contributed by atoms with Crippen molar-refractivity contribution in [1.29, 1.82) is 0 Å². The third kappa shape index (κ3) is 2.63. The van der Waals surface area contributed by atoms with Crippen LogP contribution < -0.4 is 5.32 Å². The SMILES string of the molecule is CNC(CC1CCCc2ccccc21)c1ccoc1Cl. The van der Waals surface area contributed by atoms with Gasteiger partial charge in [0.25, 0.3) is 0 Å². The Morgan fingerprint density at radius 3 is 2.95 bits per heavy atom. The van der Waals surface area contributed by atoms with Gasteiger partial charge in [0.2, 0.25) is 0 Å². The van der Waals surface area contributed by atoms with Crippen LogP contribution in [0.2, 0.25) is 5.22 Å². The smallest absolute Gasteiger partial charge is 0.197 e. The molecule has 106 valence electrons. The minimum atomic E-state index is 0.248. The van der Waals surface area contributed by atoms with Crippen LogP contribution in [0, 0.1) is 0 Å². The van der Waals surface area contributed by atoms with Crippen molar-refractivity contribution in [2.24, 2.45) is 0 Å². The van der Waals surface area contributed by atoms with Crippen molar-refractivity contribution in [3.63, 3.8) is 0 Å². The van der Waals surface area contributed by atoms with Gasteiger partial charge in [-0.3, -0.25) is 0 Å². The summed E-state index contributed by atoms with van der Waals surface area (Å²) >= 11 is 6.12. The second-order valence-electron chi connectivity index (χ2n) is 5.51. The number of hydrogen-bond donors (Lipinski definition) is 1. The summed E-state index contributed by atoms with van der Waals surface area (Å²) in [4.78, 5) is 0. The molecule has 2 unspecified atom stereocenters. The summed E-state index contributed by atoms with van der Waals surface area (Å²) < 4.78 is 5.23. The molecule has 1 N–H and O–H groups in total. The third-order valence-corrected chi connectivity index (χ3v) is 4.69. The lowest BCUT2D eigenvalue weighted by Gasteiger charge is -2.28. The maximum Gasteiger partial charge on any atom is 0.197 e. The van der Waals surface area contributed by atoms with Gasteiger partial charge in [0, 0.05) is 11.6 Å². The van der Waals surface area contributed by atoms with Crippen LogP contribution in [0.5, 0.6) is 0 Å². The third-order valence-electron chi connectivity index (χ3n) is 4.38. The molecule has 0 spiro atoms. The predicted octanol–water partition coefficient (Wildman–Crippen LogP) is 4.70. The van der Waals surface area contributed by atoms with Gasteiger partial charge < -0.3 is 9.73 Å². The van der Waals surface area contributed by atoms with E-state index in [1.165, 1.54) is 30.4 Å². The first kappa shape index (κ1) is 13.7. The van der Waals surface area contributed by atoms with E-state index in [0.29, 0.717) is 11.1 Å². The zero-order chi connectivity index (χ0) is 13.9. The summed E-state index contributed by atoms with van der Waals surface area (Å²) in [5.74, 6) is 0.600. The molecule has 2 aromatic rings. The standard InChI is InChI=1S/C17H20ClNO/c1-19-16(15-9-10-20-17(15)18)11-13-7-4-6-12-5-2-3-8-14(12)13/h2-3,5,8-10,13,16,19H,4,6-7,11H2,1H3. The molecule has 3 heteroatoms. The molecule has 0 aliphatic heterocycles. The molecule has 2 atom stereocenters. The molecule has 0 saturated heterocycles. The van der Waals surface area contributed by atoms with E-state index in [1.807, 2.05) is 13.1 Å². The summed E-state index contributed by atoms with van der Waals surface area (Å²) in [5, 5.41) is 3.89. The van der Waals surface area contributed by atoms with Gasteiger partial charge in [0.1, 0.15) is 0 Å². The molecule has 0 bridgehead atoms. The van der Waals surface area contributed by atoms with Crippen LogP contribution in [0.25, 0.3) is 0 Å². The van der Waals surface area contributed by atoms with Crippen molar-refractivity contribution in [3.05, 3.63) is 58.5 Å². The fraction of sp³-hybridized carbons (Fsp3) is 0.412. The highest BCUT2D eigenvalue weighted by Gasteiger charge is 2.25. The number of hydrogen-bond acceptors (Lipinski definition) is 2. The lowest BCUT2D eigenvalue weighted by atomic mass is 9.79. The van der Waals surface area contributed by atoms with E-state index in [1.54, 1.807) is 6.26 Å². The lowest BCUT2D eigenvalue weighted by molar-refractivity contribution is 0.436. The van der Waals surface area contributed by atoms with E-state index in [2.05, 4.69) is 29.6 Å². The number of halogens is 1. The van der Waals surface area contributed by atoms with Crippen LogP contribution in [0.3, 0.4) is 0 Å². The van der Waals surface area contributed by atoms with E-state index >= 15 is 0 Å². The fourth-order valence-electron chi connectivity index (χ4n) is 3.34. The van der Waals surface area contributed by atoms with E-state index in [4.69, 9.17) is 16.0 Å². The van der Waals surface area contributed by atoms with Crippen LogP contribution in [-0.2, 0) is 6.42 Å². The fourth-order valence-corrected chi connectivity index (χ4v) is 3.58. The molecule has 20 heavy (non-hydrogen) atoms. The Kier molecular flexibility index (Phi) is 4.13. The number of nitrogens with one attached hydrogen (secondary N) is 1. The Morgan fingerprint density at radius 1 is 1.35 bits per heavy atom. The summed E-state index contributed by atoms with van der Waals surface area (Å²) in [6, 6.07) is 11.1. The monoisotopic (exact) mass is 289 g/mol. The van der Waals surface area contributed by atoms with E-state index in [0.717, 1.165) is 12.0 Å². The van der Waals surface area contributed by atoms with Crippen LogP contribution in [0.1, 0.15) is 47.9 Å². The highest BCUT2D eigenvalue weighted by molar-refractivity contribution is 6.29. The molecule has 0 radical (unpaired) electrons. The highest BCUT2D eigenvalue weighted by Crippen LogP contribution is 2.38. The Balaban J connectivity index is 1.82.